The van der Waals surface area contributed by atoms with Crippen LogP contribution in [0.4, 0.5) is 0 Å². The van der Waals surface area contributed by atoms with Crippen LogP contribution in [-0.2, 0) is 4.79 Å². The third-order valence-corrected chi connectivity index (χ3v) is 2.28. The molecule has 0 aliphatic carbocycles. The molecule has 0 saturated carbocycles. The van der Waals surface area contributed by atoms with Crippen LogP contribution in [0.2, 0.25) is 0 Å². The molecule has 0 aliphatic rings. The Bertz CT molecular complexity index is 392. The summed E-state index contributed by atoms with van der Waals surface area (Å²) in [6.45, 7) is 0. The molecule has 0 bridgehead atoms. The normalized spacial score (nSPS) is 12.3. The molecule has 14 heavy (non-hydrogen) atoms. The molecule has 0 saturated heterocycles. The van der Waals surface area contributed by atoms with Crippen LogP contribution in [-0.4, -0.2) is 11.3 Å². The molecule has 0 spiro atoms. The minimum atomic E-state index is -0.151. The van der Waals surface area contributed by atoms with Crippen molar-refractivity contribution in [3.8, 4) is 0 Å². The summed E-state index contributed by atoms with van der Waals surface area (Å²) in [5, 5.41) is 0. The van der Waals surface area contributed by atoms with Crippen LogP contribution in [0, 0.1) is 0 Å². The van der Waals surface area contributed by atoms with Crippen LogP contribution in [0.25, 0.3) is 0 Å². The van der Waals surface area contributed by atoms with Crippen molar-refractivity contribution in [2.24, 2.45) is 0 Å². The summed E-state index contributed by atoms with van der Waals surface area (Å²) in [5.41, 5.74) is 2.04. The zero-order valence-electron chi connectivity index (χ0n) is 7.68. The molecule has 1 unspecified atom stereocenters. The van der Waals surface area contributed by atoms with E-state index in [1.165, 1.54) is 0 Å². The van der Waals surface area contributed by atoms with E-state index in [1.807, 2.05) is 48.8 Å². The van der Waals surface area contributed by atoms with Gasteiger partial charge in [0, 0.05) is 12.4 Å². The molecule has 0 aliphatic heterocycles. The van der Waals surface area contributed by atoms with E-state index in [1.54, 1.807) is 0 Å². The van der Waals surface area contributed by atoms with Crippen molar-refractivity contribution < 1.29 is 4.79 Å². The van der Waals surface area contributed by atoms with Crippen molar-refractivity contribution in [1.82, 2.24) is 4.98 Å². The number of nitrogens with one attached hydrogen (secondary N) is 1. The van der Waals surface area contributed by atoms with Gasteiger partial charge in [-0.05, 0) is 17.2 Å². The third-order valence-electron chi connectivity index (χ3n) is 2.28. The van der Waals surface area contributed by atoms with Crippen LogP contribution in [0.15, 0.2) is 48.8 Å². The van der Waals surface area contributed by atoms with Crippen molar-refractivity contribution in [2.75, 3.05) is 0 Å². The molecule has 2 rings (SSSR count). The molecule has 1 heterocycles. The average Bonchev–Trinajstić information content (AvgIpc) is 2.74. The van der Waals surface area contributed by atoms with Gasteiger partial charge in [0.15, 0.2) is 0 Å². The maximum absolute atomic E-state index is 11.0. The standard InChI is InChI=1S/C12H11NO/c14-9-12(11-6-7-13-8-11)10-4-2-1-3-5-10/h1-9,12-13H. The van der Waals surface area contributed by atoms with E-state index in [0.29, 0.717) is 0 Å². The molecule has 1 aromatic carbocycles. The number of hydrogen-bond donors (Lipinski definition) is 1. The van der Waals surface area contributed by atoms with Crippen molar-refractivity contribution in [1.29, 1.82) is 0 Å². The number of carbonyl (C=O) groups is 1. The fourth-order valence-electron chi connectivity index (χ4n) is 1.54. The van der Waals surface area contributed by atoms with Crippen LogP contribution < -0.4 is 0 Å². The highest BCUT2D eigenvalue weighted by molar-refractivity contribution is 5.67. The molecule has 1 atom stereocenters. The summed E-state index contributed by atoms with van der Waals surface area (Å²) in [7, 11) is 0. The number of carbonyl (C=O) groups excluding carboxylic acids is 1. The van der Waals surface area contributed by atoms with E-state index in [4.69, 9.17) is 0 Å². The zero-order valence-corrected chi connectivity index (χ0v) is 7.68. The first kappa shape index (κ1) is 8.75. The van der Waals surface area contributed by atoms with Crippen LogP contribution in [0.5, 0.6) is 0 Å². The lowest BCUT2D eigenvalue weighted by atomic mass is 9.95. The minimum absolute atomic E-state index is 0.151. The topological polar surface area (TPSA) is 32.9 Å². The Balaban J connectivity index is 2.36. The number of rotatable bonds is 3. The fraction of sp³-hybridized carbons (Fsp3) is 0.0833. The number of aromatic nitrogens is 1. The summed E-state index contributed by atoms with van der Waals surface area (Å²) in [5.74, 6) is -0.151. The van der Waals surface area contributed by atoms with Gasteiger partial charge in [0.25, 0.3) is 0 Å². The summed E-state index contributed by atoms with van der Waals surface area (Å²) in [6.07, 6.45) is 4.65. The predicted molar refractivity (Wildman–Crippen MR) is 55.1 cm³/mol. The van der Waals surface area contributed by atoms with Gasteiger partial charge in [-0.2, -0.15) is 0 Å². The summed E-state index contributed by atoms with van der Waals surface area (Å²) in [6, 6.07) is 11.7. The average molecular weight is 185 g/mol. The van der Waals surface area contributed by atoms with Gasteiger partial charge < -0.3 is 9.78 Å². The van der Waals surface area contributed by atoms with Crippen molar-refractivity contribution in [2.45, 2.75) is 5.92 Å². The lowest BCUT2D eigenvalue weighted by Crippen LogP contribution is -2.00. The van der Waals surface area contributed by atoms with Crippen LogP contribution in [0.1, 0.15) is 17.0 Å². The second kappa shape index (κ2) is 3.92. The van der Waals surface area contributed by atoms with Crippen molar-refractivity contribution in [3.63, 3.8) is 0 Å². The maximum atomic E-state index is 11.0. The molecule has 2 nitrogen and oxygen atoms in total. The van der Waals surface area contributed by atoms with Crippen LogP contribution >= 0.6 is 0 Å². The van der Waals surface area contributed by atoms with E-state index in [9.17, 15) is 4.79 Å². The van der Waals surface area contributed by atoms with Gasteiger partial charge in [0.1, 0.15) is 6.29 Å². The quantitative estimate of drug-likeness (QED) is 0.731. The minimum Gasteiger partial charge on any atom is -0.367 e. The Morgan fingerprint density at radius 3 is 2.43 bits per heavy atom. The molecular formula is C12H11NO. The number of benzene rings is 1. The Hall–Kier alpha value is -1.83. The van der Waals surface area contributed by atoms with Gasteiger partial charge in [-0.15, -0.1) is 0 Å². The monoisotopic (exact) mass is 185 g/mol. The van der Waals surface area contributed by atoms with Crippen LogP contribution in [0.3, 0.4) is 0 Å². The number of aromatic amines is 1. The molecule has 1 N–H and O–H groups in total. The fourth-order valence-corrected chi connectivity index (χ4v) is 1.54. The van der Waals surface area contributed by atoms with Gasteiger partial charge >= 0.3 is 0 Å². The lowest BCUT2D eigenvalue weighted by Gasteiger charge is -2.07. The van der Waals surface area contributed by atoms with Gasteiger partial charge in [0.05, 0.1) is 5.92 Å². The SMILES string of the molecule is O=CC(c1ccccc1)c1cc[nH]c1. The Morgan fingerprint density at radius 1 is 1.07 bits per heavy atom. The Kier molecular flexibility index (Phi) is 2.45. The molecule has 0 amide bonds. The maximum Gasteiger partial charge on any atom is 0.131 e. The predicted octanol–water partition coefficient (Wildman–Crippen LogP) is 2.35. The summed E-state index contributed by atoms with van der Waals surface area (Å²) < 4.78 is 0. The second-order valence-corrected chi connectivity index (χ2v) is 3.17. The van der Waals surface area contributed by atoms with Crippen molar-refractivity contribution in [3.05, 3.63) is 59.9 Å². The smallest absolute Gasteiger partial charge is 0.131 e. The summed E-state index contributed by atoms with van der Waals surface area (Å²) >= 11 is 0. The molecule has 70 valence electrons. The first-order valence-corrected chi connectivity index (χ1v) is 4.55. The second-order valence-electron chi connectivity index (χ2n) is 3.17. The number of hydrogen-bond acceptors (Lipinski definition) is 1. The third kappa shape index (κ3) is 1.59. The first-order chi connectivity index (χ1) is 6.92. The lowest BCUT2D eigenvalue weighted by molar-refractivity contribution is -0.108. The van der Waals surface area contributed by atoms with E-state index < -0.39 is 0 Å². The van der Waals surface area contributed by atoms with Crippen molar-refractivity contribution >= 4 is 6.29 Å². The highest BCUT2D eigenvalue weighted by atomic mass is 16.1. The number of H-pyrrole nitrogens is 1. The molecule has 2 heteroatoms. The summed E-state index contributed by atoms with van der Waals surface area (Å²) in [4.78, 5) is 13.9. The Labute approximate surface area is 82.6 Å². The van der Waals surface area contributed by atoms with E-state index in [-0.39, 0.29) is 5.92 Å². The molecule has 0 fully saturated rings. The molecule has 1 aromatic heterocycles. The molecular weight excluding hydrogens is 174 g/mol. The zero-order chi connectivity index (χ0) is 9.80. The molecule has 2 aromatic rings. The van der Waals surface area contributed by atoms with E-state index in [0.717, 1.165) is 17.4 Å². The highest BCUT2D eigenvalue weighted by Gasteiger charge is 2.12. The van der Waals surface area contributed by atoms with E-state index >= 15 is 0 Å². The van der Waals surface area contributed by atoms with Gasteiger partial charge in [-0.1, -0.05) is 30.3 Å². The molecule has 0 radical (unpaired) electrons. The largest absolute Gasteiger partial charge is 0.367 e. The van der Waals surface area contributed by atoms with Gasteiger partial charge in [-0.3, -0.25) is 0 Å². The highest BCUT2D eigenvalue weighted by Crippen LogP contribution is 2.21. The van der Waals surface area contributed by atoms with E-state index in [2.05, 4.69) is 4.98 Å². The van der Waals surface area contributed by atoms with Gasteiger partial charge in [0.2, 0.25) is 0 Å². The Morgan fingerprint density at radius 2 is 1.86 bits per heavy atom. The number of aldehydes is 1. The van der Waals surface area contributed by atoms with Gasteiger partial charge in [-0.25, -0.2) is 0 Å². The first-order valence-electron chi connectivity index (χ1n) is 4.55.